The van der Waals surface area contributed by atoms with Crippen LogP contribution < -0.4 is 5.73 Å². The van der Waals surface area contributed by atoms with Crippen molar-refractivity contribution in [1.82, 2.24) is 4.90 Å². The number of carbonyl (C=O) groups excluding carboxylic acids is 1. The molecule has 1 aromatic carbocycles. The number of nitrogens with zero attached hydrogens (tertiary/aromatic N) is 1. The van der Waals surface area contributed by atoms with E-state index in [0.717, 1.165) is 0 Å². The second-order valence-electron chi connectivity index (χ2n) is 5.18. The molecule has 0 aliphatic carbocycles. The van der Waals surface area contributed by atoms with Crippen LogP contribution in [0.15, 0.2) is 24.3 Å². The summed E-state index contributed by atoms with van der Waals surface area (Å²) in [5, 5.41) is 0. The maximum absolute atomic E-state index is 12.8. The summed E-state index contributed by atoms with van der Waals surface area (Å²) in [6.45, 7) is 0.297. The van der Waals surface area contributed by atoms with Crippen LogP contribution in [0.2, 0.25) is 0 Å². The van der Waals surface area contributed by atoms with Crippen LogP contribution >= 0.6 is 7.60 Å². The van der Waals surface area contributed by atoms with Crippen LogP contribution in [0.1, 0.15) is 18.4 Å². The molecule has 1 heterocycles. The molecule has 0 saturated carbocycles. The summed E-state index contributed by atoms with van der Waals surface area (Å²) in [6, 6.07) is 4.73. The number of rotatable bonds is 4. The normalized spacial score (nSPS) is 20.6. The highest BCUT2D eigenvalue weighted by Crippen LogP contribution is 2.47. The molecule has 21 heavy (non-hydrogen) atoms. The van der Waals surface area contributed by atoms with Gasteiger partial charge in [0.25, 0.3) is 0 Å². The van der Waals surface area contributed by atoms with Gasteiger partial charge in [-0.15, -0.1) is 0 Å². The van der Waals surface area contributed by atoms with Gasteiger partial charge in [-0.3, -0.25) is 9.36 Å². The lowest BCUT2D eigenvalue weighted by Gasteiger charge is -2.27. The fraction of sp³-hybridized carbons (Fsp3) is 0.462. The van der Waals surface area contributed by atoms with Gasteiger partial charge in [0.05, 0.1) is 6.04 Å². The Morgan fingerprint density at radius 3 is 2.62 bits per heavy atom. The number of benzene rings is 1. The van der Waals surface area contributed by atoms with Crippen molar-refractivity contribution >= 4 is 13.5 Å². The van der Waals surface area contributed by atoms with Crippen molar-refractivity contribution in [3.63, 3.8) is 0 Å². The van der Waals surface area contributed by atoms with Gasteiger partial charge in [0.15, 0.2) is 0 Å². The van der Waals surface area contributed by atoms with Crippen LogP contribution in [-0.4, -0.2) is 39.0 Å². The number of halogens is 1. The van der Waals surface area contributed by atoms with E-state index in [1.165, 1.54) is 29.2 Å². The van der Waals surface area contributed by atoms with E-state index in [0.29, 0.717) is 18.5 Å². The van der Waals surface area contributed by atoms with Crippen molar-refractivity contribution in [2.24, 2.45) is 5.73 Å². The maximum atomic E-state index is 12.8. The molecular weight excluding hydrogens is 298 g/mol. The van der Waals surface area contributed by atoms with Crippen molar-refractivity contribution in [2.75, 3.05) is 6.54 Å². The molecule has 2 rings (SSSR count). The molecule has 0 spiro atoms. The molecule has 0 radical (unpaired) electrons. The van der Waals surface area contributed by atoms with E-state index in [4.69, 9.17) is 5.73 Å². The lowest BCUT2D eigenvalue weighted by molar-refractivity contribution is -0.132. The molecule has 1 aliphatic heterocycles. The average molecular weight is 316 g/mol. The quantitative estimate of drug-likeness (QED) is 0.714. The molecule has 4 N–H and O–H groups in total. The van der Waals surface area contributed by atoms with Gasteiger partial charge in [-0.05, 0) is 37.0 Å². The van der Waals surface area contributed by atoms with Crippen LogP contribution in [0, 0.1) is 5.82 Å². The van der Waals surface area contributed by atoms with Crippen LogP contribution in [-0.2, 0) is 15.8 Å². The van der Waals surface area contributed by atoms with Gasteiger partial charge in [0.2, 0.25) is 5.91 Å². The van der Waals surface area contributed by atoms with E-state index in [2.05, 4.69) is 0 Å². The molecule has 0 bridgehead atoms. The lowest BCUT2D eigenvalue weighted by Crippen LogP contribution is -2.46. The fourth-order valence-corrected chi connectivity index (χ4v) is 3.64. The molecule has 116 valence electrons. The summed E-state index contributed by atoms with van der Waals surface area (Å²) < 4.78 is 24.2. The molecule has 2 atom stereocenters. The molecule has 1 aromatic rings. The van der Waals surface area contributed by atoms with Crippen LogP contribution in [0.5, 0.6) is 0 Å². The summed E-state index contributed by atoms with van der Waals surface area (Å²) in [7, 11) is -4.35. The third-order valence-electron chi connectivity index (χ3n) is 3.58. The van der Waals surface area contributed by atoms with Crippen molar-refractivity contribution in [3.8, 4) is 0 Å². The van der Waals surface area contributed by atoms with Gasteiger partial charge in [0.1, 0.15) is 11.6 Å². The van der Waals surface area contributed by atoms with Crippen LogP contribution in [0.3, 0.4) is 0 Å². The van der Waals surface area contributed by atoms with Gasteiger partial charge in [-0.25, -0.2) is 4.39 Å². The summed E-state index contributed by atoms with van der Waals surface area (Å²) in [5.41, 5.74) is 6.53. The highest BCUT2D eigenvalue weighted by atomic mass is 31.2. The molecule has 0 unspecified atom stereocenters. The van der Waals surface area contributed by atoms with E-state index in [1.807, 2.05) is 0 Å². The Balaban J connectivity index is 2.05. The van der Waals surface area contributed by atoms with Crippen molar-refractivity contribution in [3.05, 3.63) is 35.6 Å². The van der Waals surface area contributed by atoms with E-state index < -0.39 is 25.3 Å². The second-order valence-corrected chi connectivity index (χ2v) is 6.95. The van der Waals surface area contributed by atoms with E-state index >= 15 is 0 Å². The molecule has 1 aliphatic rings. The van der Waals surface area contributed by atoms with Crippen LogP contribution in [0.4, 0.5) is 4.39 Å². The molecule has 8 heteroatoms. The van der Waals surface area contributed by atoms with Gasteiger partial charge in [0, 0.05) is 6.54 Å². The predicted octanol–water partition coefficient (Wildman–Crippen LogP) is 0.822. The Morgan fingerprint density at radius 1 is 1.43 bits per heavy atom. The van der Waals surface area contributed by atoms with Gasteiger partial charge in [-0.1, -0.05) is 12.1 Å². The number of hydrogen-bond acceptors (Lipinski definition) is 3. The smallest absolute Gasteiger partial charge is 0.327 e. The number of hydrogen-bond donors (Lipinski definition) is 3. The molecule has 1 fully saturated rings. The van der Waals surface area contributed by atoms with E-state index in [9.17, 15) is 23.5 Å². The van der Waals surface area contributed by atoms with Crippen molar-refractivity contribution in [1.29, 1.82) is 0 Å². The van der Waals surface area contributed by atoms with Crippen molar-refractivity contribution < 1.29 is 23.5 Å². The maximum Gasteiger partial charge on any atom is 0.347 e. The summed E-state index contributed by atoms with van der Waals surface area (Å²) in [4.78, 5) is 32.0. The monoisotopic (exact) mass is 316 g/mol. The zero-order valence-corrected chi connectivity index (χ0v) is 12.2. The molecular formula is C13H18FN2O4P. The third-order valence-corrected chi connectivity index (χ3v) is 4.89. The standard InChI is InChI=1S/C13H18FN2O4P/c14-10-5-3-9(4-6-10)8-11(15)13(17)16-7-1-2-12(16)21(18,19)20/h3-6,11-12H,1-2,7-8,15H2,(H2,18,19,20)/t11-,12+/m0/s1. The highest BCUT2D eigenvalue weighted by Gasteiger charge is 2.41. The van der Waals surface area contributed by atoms with Gasteiger partial charge in [-0.2, -0.15) is 0 Å². The molecule has 6 nitrogen and oxygen atoms in total. The first kappa shape index (κ1) is 16.1. The minimum atomic E-state index is -4.35. The third kappa shape index (κ3) is 3.89. The number of nitrogens with two attached hydrogens (primary N) is 1. The largest absolute Gasteiger partial charge is 0.347 e. The van der Waals surface area contributed by atoms with E-state index in [1.54, 1.807) is 0 Å². The first-order valence-electron chi connectivity index (χ1n) is 6.65. The topological polar surface area (TPSA) is 104 Å². The SMILES string of the molecule is N[C@@H](Cc1ccc(F)cc1)C(=O)N1CCC[C@H]1P(=O)(O)O. The lowest BCUT2D eigenvalue weighted by atomic mass is 10.1. The molecule has 0 aromatic heterocycles. The fourth-order valence-electron chi connectivity index (χ4n) is 2.53. The Bertz CT molecular complexity index is 560. The second kappa shape index (κ2) is 6.23. The number of carbonyl (C=O) groups is 1. The average Bonchev–Trinajstić information content (AvgIpc) is 2.89. The van der Waals surface area contributed by atoms with Gasteiger partial charge < -0.3 is 20.4 Å². The highest BCUT2D eigenvalue weighted by molar-refractivity contribution is 7.52. The Morgan fingerprint density at radius 2 is 2.05 bits per heavy atom. The minimum absolute atomic E-state index is 0.198. The van der Waals surface area contributed by atoms with E-state index in [-0.39, 0.29) is 18.7 Å². The van der Waals surface area contributed by atoms with Crippen molar-refractivity contribution in [2.45, 2.75) is 31.1 Å². The first-order chi connectivity index (χ1) is 9.79. The number of likely N-dealkylation sites (tertiary alicyclic amines) is 1. The first-order valence-corrected chi connectivity index (χ1v) is 8.33. The molecule has 1 amide bonds. The van der Waals surface area contributed by atoms with Crippen LogP contribution in [0.25, 0.3) is 0 Å². The summed E-state index contributed by atoms with van der Waals surface area (Å²) >= 11 is 0. The zero-order valence-electron chi connectivity index (χ0n) is 11.4. The molecule has 1 saturated heterocycles. The Labute approximate surface area is 121 Å². The minimum Gasteiger partial charge on any atom is -0.327 e. The Hall–Kier alpha value is -1.27. The predicted molar refractivity (Wildman–Crippen MR) is 74.9 cm³/mol. The summed E-state index contributed by atoms with van der Waals surface area (Å²) in [5.74, 6) is -1.94. The zero-order chi connectivity index (χ0) is 15.6. The Kier molecular flexibility index (Phi) is 4.78. The van der Waals surface area contributed by atoms with Gasteiger partial charge >= 0.3 is 7.60 Å². The summed E-state index contributed by atoms with van der Waals surface area (Å²) in [6.07, 6.45) is 1.02. The number of amides is 1.